The first kappa shape index (κ1) is 17.1. The molecule has 0 fully saturated rings. The van der Waals surface area contributed by atoms with Crippen molar-refractivity contribution >= 4 is 0 Å². The van der Waals surface area contributed by atoms with Gasteiger partial charge < -0.3 is 5.11 Å². The van der Waals surface area contributed by atoms with Gasteiger partial charge in [0.1, 0.15) is 5.82 Å². The van der Waals surface area contributed by atoms with Gasteiger partial charge in [-0.15, -0.1) is 0 Å². The zero-order chi connectivity index (χ0) is 15.3. The molecule has 114 valence electrons. The molecule has 1 rings (SSSR count). The van der Waals surface area contributed by atoms with Crippen molar-refractivity contribution in [2.24, 2.45) is 0 Å². The predicted molar refractivity (Wildman–Crippen MR) is 82.3 cm³/mol. The lowest BCUT2D eigenvalue weighted by Crippen LogP contribution is -2.52. The minimum Gasteiger partial charge on any atom is -0.386 e. The summed E-state index contributed by atoms with van der Waals surface area (Å²) in [6.07, 6.45) is 1.13. The van der Waals surface area contributed by atoms with E-state index in [1.807, 2.05) is 0 Å². The molecule has 0 saturated heterocycles. The standard InChI is InChI=1S/C17H28FNO/c1-6-17(7-2,19(8-3)9-4)16(20)14-10-11-15(18)13(5)12-14/h10-12,16,20H,6-9H2,1-5H3. The zero-order valence-corrected chi connectivity index (χ0v) is 13.4. The van der Waals surface area contributed by atoms with Crippen molar-refractivity contribution in [3.05, 3.63) is 35.1 Å². The van der Waals surface area contributed by atoms with Crippen LogP contribution in [0.2, 0.25) is 0 Å². The molecule has 0 aliphatic heterocycles. The van der Waals surface area contributed by atoms with Crippen molar-refractivity contribution in [2.75, 3.05) is 13.1 Å². The summed E-state index contributed by atoms with van der Waals surface area (Å²) in [6.45, 7) is 12.0. The maximum absolute atomic E-state index is 13.4. The fourth-order valence-corrected chi connectivity index (χ4v) is 3.26. The SMILES string of the molecule is CCN(CC)C(CC)(CC)C(O)c1ccc(F)c(C)c1. The first-order valence-corrected chi connectivity index (χ1v) is 7.65. The molecule has 0 saturated carbocycles. The number of halogens is 1. The van der Waals surface area contributed by atoms with Crippen LogP contribution in [0.3, 0.4) is 0 Å². The highest BCUT2D eigenvalue weighted by Gasteiger charge is 2.39. The van der Waals surface area contributed by atoms with Crippen LogP contribution in [0.1, 0.15) is 57.8 Å². The molecule has 1 N–H and O–H groups in total. The van der Waals surface area contributed by atoms with Crippen LogP contribution in [0.15, 0.2) is 18.2 Å². The Morgan fingerprint density at radius 2 is 1.70 bits per heavy atom. The molecule has 0 bridgehead atoms. The molecule has 0 amide bonds. The van der Waals surface area contributed by atoms with Crippen LogP contribution < -0.4 is 0 Å². The second-order valence-electron chi connectivity index (χ2n) is 5.39. The summed E-state index contributed by atoms with van der Waals surface area (Å²) in [4.78, 5) is 2.32. The van der Waals surface area contributed by atoms with Crippen LogP contribution in [0.4, 0.5) is 4.39 Å². The van der Waals surface area contributed by atoms with E-state index in [-0.39, 0.29) is 11.4 Å². The van der Waals surface area contributed by atoms with Gasteiger partial charge in [-0.1, -0.05) is 39.8 Å². The maximum atomic E-state index is 13.4. The van der Waals surface area contributed by atoms with E-state index in [9.17, 15) is 9.50 Å². The number of rotatable bonds is 7. The summed E-state index contributed by atoms with van der Waals surface area (Å²) in [5.74, 6) is -0.220. The first-order valence-electron chi connectivity index (χ1n) is 7.65. The van der Waals surface area contributed by atoms with Gasteiger partial charge in [0.15, 0.2) is 0 Å². The van der Waals surface area contributed by atoms with E-state index in [4.69, 9.17) is 0 Å². The van der Waals surface area contributed by atoms with E-state index in [0.29, 0.717) is 5.56 Å². The minimum atomic E-state index is -0.600. The molecule has 1 aromatic rings. The highest BCUT2D eigenvalue weighted by molar-refractivity contribution is 5.28. The number of likely N-dealkylation sites (N-methyl/N-ethyl adjacent to an activating group) is 1. The van der Waals surface area contributed by atoms with Gasteiger partial charge in [-0.2, -0.15) is 0 Å². The number of aliphatic hydroxyl groups excluding tert-OH is 1. The number of aryl methyl sites for hydroxylation is 1. The van der Waals surface area contributed by atoms with E-state index in [1.165, 1.54) is 6.07 Å². The van der Waals surface area contributed by atoms with Gasteiger partial charge in [-0.3, -0.25) is 4.90 Å². The van der Waals surface area contributed by atoms with Crippen LogP contribution in [-0.2, 0) is 0 Å². The Hall–Kier alpha value is -0.930. The fraction of sp³-hybridized carbons (Fsp3) is 0.647. The van der Waals surface area contributed by atoms with Gasteiger partial charge >= 0.3 is 0 Å². The molecule has 0 heterocycles. The van der Waals surface area contributed by atoms with Crippen molar-refractivity contribution in [2.45, 2.75) is 59.1 Å². The molecular weight excluding hydrogens is 253 g/mol. The largest absolute Gasteiger partial charge is 0.386 e. The smallest absolute Gasteiger partial charge is 0.126 e. The molecule has 20 heavy (non-hydrogen) atoms. The Morgan fingerprint density at radius 3 is 2.10 bits per heavy atom. The monoisotopic (exact) mass is 281 g/mol. The van der Waals surface area contributed by atoms with Crippen molar-refractivity contribution < 1.29 is 9.50 Å². The normalized spacial score (nSPS) is 13.8. The van der Waals surface area contributed by atoms with Crippen LogP contribution in [0.25, 0.3) is 0 Å². The number of aliphatic hydroxyl groups is 1. The van der Waals surface area contributed by atoms with E-state index in [0.717, 1.165) is 31.5 Å². The van der Waals surface area contributed by atoms with Gasteiger partial charge in [-0.25, -0.2) is 4.39 Å². The van der Waals surface area contributed by atoms with Gasteiger partial charge in [-0.05, 0) is 50.0 Å². The van der Waals surface area contributed by atoms with Crippen molar-refractivity contribution in [3.8, 4) is 0 Å². The quantitative estimate of drug-likeness (QED) is 0.814. The average molecular weight is 281 g/mol. The zero-order valence-electron chi connectivity index (χ0n) is 13.4. The molecule has 0 aliphatic carbocycles. The Kier molecular flexibility index (Phi) is 6.15. The van der Waals surface area contributed by atoms with Crippen LogP contribution in [-0.4, -0.2) is 28.6 Å². The average Bonchev–Trinajstić information content (AvgIpc) is 2.47. The van der Waals surface area contributed by atoms with Crippen molar-refractivity contribution in [1.29, 1.82) is 0 Å². The van der Waals surface area contributed by atoms with Gasteiger partial charge in [0.05, 0.1) is 11.6 Å². The Morgan fingerprint density at radius 1 is 1.15 bits per heavy atom. The third kappa shape index (κ3) is 3.04. The molecule has 0 aromatic heterocycles. The summed E-state index contributed by atoms with van der Waals surface area (Å²) >= 11 is 0. The predicted octanol–water partition coefficient (Wildman–Crippen LogP) is 4.07. The van der Waals surface area contributed by atoms with Crippen LogP contribution >= 0.6 is 0 Å². The lowest BCUT2D eigenvalue weighted by Gasteiger charge is -2.46. The molecule has 0 aliphatic rings. The van der Waals surface area contributed by atoms with Crippen molar-refractivity contribution in [1.82, 2.24) is 4.90 Å². The number of nitrogens with zero attached hydrogens (tertiary/aromatic N) is 1. The van der Waals surface area contributed by atoms with Crippen LogP contribution in [0, 0.1) is 12.7 Å². The Bertz CT molecular complexity index is 425. The lowest BCUT2D eigenvalue weighted by atomic mass is 9.80. The molecule has 2 nitrogen and oxygen atoms in total. The van der Waals surface area contributed by atoms with Gasteiger partial charge in [0.25, 0.3) is 0 Å². The van der Waals surface area contributed by atoms with Crippen molar-refractivity contribution in [3.63, 3.8) is 0 Å². The topological polar surface area (TPSA) is 23.5 Å². The third-order valence-corrected chi connectivity index (χ3v) is 4.62. The molecule has 3 heteroatoms. The minimum absolute atomic E-state index is 0.220. The van der Waals surface area contributed by atoms with E-state index in [1.54, 1.807) is 19.1 Å². The summed E-state index contributed by atoms with van der Waals surface area (Å²) in [7, 11) is 0. The highest BCUT2D eigenvalue weighted by Crippen LogP contribution is 2.37. The molecule has 1 atom stereocenters. The van der Waals surface area contributed by atoms with Gasteiger partial charge in [0, 0.05) is 0 Å². The maximum Gasteiger partial charge on any atom is 0.126 e. The molecule has 0 radical (unpaired) electrons. The summed E-state index contributed by atoms with van der Waals surface area (Å²) in [5.41, 5.74) is 1.11. The second-order valence-corrected chi connectivity index (χ2v) is 5.39. The first-order chi connectivity index (χ1) is 9.46. The molecular formula is C17H28FNO. The Balaban J connectivity index is 3.22. The second kappa shape index (κ2) is 7.19. The van der Waals surface area contributed by atoms with E-state index in [2.05, 4.69) is 32.6 Å². The summed E-state index contributed by atoms with van der Waals surface area (Å²) in [6, 6.07) is 4.92. The summed E-state index contributed by atoms with van der Waals surface area (Å²) < 4.78 is 13.4. The molecule has 0 spiro atoms. The number of hydrogen-bond acceptors (Lipinski definition) is 2. The van der Waals surface area contributed by atoms with E-state index >= 15 is 0 Å². The highest BCUT2D eigenvalue weighted by atomic mass is 19.1. The lowest BCUT2D eigenvalue weighted by molar-refractivity contribution is -0.0366. The Labute approximate surface area is 122 Å². The van der Waals surface area contributed by atoms with Gasteiger partial charge in [0.2, 0.25) is 0 Å². The fourth-order valence-electron chi connectivity index (χ4n) is 3.26. The van der Waals surface area contributed by atoms with Crippen LogP contribution in [0.5, 0.6) is 0 Å². The third-order valence-electron chi connectivity index (χ3n) is 4.62. The number of hydrogen-bond donors (Lipinski definition) is 1. The van der Waals surface area contributed by atoms with E-state index < -0.39 is 6.10 Å². The summed E-state index contributed by atoms with van der Waals surface area (Å²) in [5, 5.41) is 10.9. The molecule has 1 unspecified atom stereocenters. The number of benzene rings is 1. The molecule has 1 aromatic carbocycles.